The van der Waals surface area contributed by atoms with Gasteiger partial charge in [0, 0.05) is 22.6 Å². The number of para-hydroxylation sites is 1. The molecule has 2 atom stereocenters. The van der Waals surface area contributed by atoms with Gasteiger partial charge in [-0.3, -0.25) is 4.79 Å². The van der Waals surface area contributed by atoms with Crippen molar-refractivity contribution in [3.63, 3.8) is 0 Å². The fourth-order valence-electron chi connectivity index (χ4n) is 5.48. The fourth-order valence-corrected chi connectivity index (χ4v) is 5.48. The van der Waals surface area contributed by atoms with Crippen LogP contribution in [-0.2, 0) is 11.3 Å². The molecule has 1 aliphatic rings. The highest BCUT2D eigenvalue weighted by atomic mass is 16.5. The van der Waals surface area contributed by atoms with Gasteiger partial charge in [0.2, 0.25) is 0 Å². The Balaban J connectivity index is 1.58. The Morgan fingerprint density at radius 1 is 1.00 bits per heavy atom. The molecule has 1 aromatic heterocycles. The summed E-state index contributed by atoms with van der Waals surface area (Å²) in [7, 11) is 2.16. The van der Waals surface area contributed by atoms with Crippen LogP contribution in [0.5, 0.6) is 0 Å². The van der Waals surface area contributed by atoms with Crippen LogP contribution in [0.2, 0.25) is 0 Å². The zero-order chi connectivity index (χ0) is 26.5. The van der Waals surface area contributed by atoms with Crippen LogP contribution in [0, 0.1) is 5.92 Å². The second kappa shape index (κ2) is 11.9. The molecule has 1 saturated heterocycles. The van der Waals surface area contributed by atoms with Crippen molar-refractivity contribution in [3.05, 3.63) is 102 Å². The van der Waals surface area contributed by atoms with E-state index in [4.69, 9.17) is 9.72 Å². The van der Waals surface area contributed by atoms with Crippen molar-refractivity contribution >= 4 is 16.8 Å². The quantitative estimate of drug-likeness (QED) is 0.276. The molecule has 1 aliphatic heterocycles. The molecule has 0 unspecified atom stereocenters. The number of carbonyl (C=O) groups is 1. The van der Waals surface area contributed by atoms with Gasteiger partial charge in [-0.05, 0) is 44.0 Å². The second-order valence-electron chi connectivity index (χ2n) is 10.6. The number of carbonyl (C=O) groups excluding carboxylic acids is 1. The summed E-state index contributed by atoms with van der Waals surface area (Å²) < 4.78 is 6.35. The first-order valence-electron chi connectivity index (χ1n) is 13.6. The van der Waals surface area contributed by atoms with E-state index in [0.29, 0.717) is 24.8 Å². The van der Waals surface area contributed by atoms with E-state index in [1.54, 1.807) is 0 Å². The van der Waals surface area contributed by atoms with Gasteiger partial charge >= 0.3 is 0 Å². The maximum Gasteiger partial charge on any atom is 0.252 e. The molecular weight excluding hydrogens is 470 g/mol. The molecule has 0 radical (unpaired) electrons. The smallest absolute Gasteiger partial charge is 0.252 e. The molecule has 196 valence electrons. The standard InChI is InChI=1S/C33H37N3O2/c1-23(2)31(24-13-6-4-7-14-24)35-33(37)30-27-18-10-11-19-29(27)34-32(25-15-8-5-9-16-25)28(30)22-38-21-26-17-12-20-36(26)3/h4-11,13-16,18-19,23,26,31H,12,17,20-22H2,1-3H3,(H,35,37)/t26-,31+/m1/s1. The SMILES string of the molecule is CC(C)[C@H](NC(=O)c1c(COC[C@H]2CCCN2C)c(-c2ccccc2)nc2ccccc12)c1ccccc1. The Labute approximate surface area is 225 Å². The molecule has 5 nitrogen and oxygen atoms in total. The molecule has 1 fully saturated rings. The number of pyridine rings is 1. The van der Waals surface area contributed by atoms with E-state index in [1.807, 2.05) is 72.8 Å². The lowest BCUT2D eigenvalue weighted by molar-refractivity contribution is 0.0736. The largest absolute Gasteiger partial charge is 0.375 e. The minimum absolute atomic E-state index is 0.0973. The van der Waals surface area contributed by atoms with Crippen molar-refractivity contribution in [1.29, 1.82) is 0 Å². The number of benzene rings is 3. The zero-order valence-corrected chi connectivity index (χ0v) is 22.6. The van der Waals surface area contributed by atoms with E-state index in [-0.39, 0.29) is 17.9 Å². The van der Waals surface area contributed by atoms with E-state index in [1.165, 1.54) is 6.42 Å². The molecule has 0 saturated carbocycles. The van der Waals surface area contributed by atoms with E-state index in [9.17, 15) is 4.79 Å². The van der Waals surface area contributed by atoms with Crippen molar-refractivity contribution in [3.8, 4) is 11.3 Å². The molecule has 0 bridgehead atoms. The van der Waals surface area contributed by atoms with Crippen molar-refractivity contribution in [1.82, 2.24) is 15.2 Å². The summed E-state index contributed by atoms with van der Waals surface area (Å²) in [5.41, 5.74) is 5.16. The number of fused-ring (bicyclic) bond motifs is 1. The lowest BCUT2D eigenvalue weighted by atomic mass is 9.93. The van der Waals surface area contributed by atoms with Crippen LogP contribution in [0.25, 0.3) is 22.2 Å². The van der Waals surface area contributed by atoms with Gasteiger partial charge in [0.15, 0.2) is 0 Å². The Hall–Kier alpha value is -3.54. The van der Waals surface area contributed by atoms with E-state index >= 15 is 0 Å². The summed E-state index contributed by atoms with van der Waals surface area (Å²) in [6, 6.07) is 28.5. The number of ether oxygens (including phenoxy) is 1. The number of likely N-dealkylation sites (N-methyl/N-ethyl adjacent to an activating group) is 1. The number of aromatic nitrogens is 1. The molecule has 5 rings (SSSR count). The lowest BCUT2D eigenvalue weighted by Gasteiger charge is -2.25. The third-order valence-corrected chi connectivity index (χ3v) is 7.61. The van der Waals surface area contributed by atoms with Gasteiger partial charge in [0.1, 0.15) is 0 Å². The number of nitrogens with one attached hydrogen (secondary N) is 1. The average molecular weight is 508 g/mol. The first-order chi connectivity index (χ1) is 18.5. The number of likely N-dealkylation sites (tertiary alicyclic amines) is 1. The van der Waals surface area contributed by atoms with Gasteiger partial charge in [-0.1, -0.05) is 92.7 Å². The summed E-state index contributed by atoms with van der Waals surface area (Å²) >= 11 is 0. The summed E-state index contributed by atoms with van der Waals surface area (Å²) in [6.45, 7) is 6.34. The van der Waals surface area contributed by atoms with Gasteiger partial charge in [0.25, 0.3) is 5.91 Å². The Kier molecular flexibility index (Phi) is 8.16. The van der Waals surface area contributed by atoms with Gasteiger partial charge in [-0.2, -0.15) is 0 Å². The molecule has 0 aliphatic carbocycles. The molecule has 1 amide bonds. The Morgan fingerprint density at radius 2 is 1.68 bits per heavy atom. The van der Waals surface area contributed by atoms with Crippen molar-refractivity contribution in [2.45, 2.75) is 45.4 Å². The molecule has 0 spiro atoms. The molecular formula is C33H37N3O2. The average Bonchev–Trinajstić information content (AvgIpc) is 3.36. The monoisotopic (exact) mass is 507 g/mol. The highest BCUT2D eigenvalue weighted by Crippen LogP contribution is 2.32. The maximum absolute atomic E-state index is 14.2. The third kappa shape index (κ3) is 5.64. The molecule has 2 heterocycles. The molecule has 38 heavy (non-hydrogen) atoms. The maximum atomic E-state index is 14.2. The first-order valence-corrected chi connectivity index (χ1v) is 13.6. The third-order valence-electron chi connectivity index (χ3n) is 7.61. The van der Waals surface area contributed by atoms with Gasteiger partial charge < -0.3 is 15.0 Å². The summed E-state index contributed by atoms with van der Waals surface area (Å²) in [5.74, 6) is 0.126. The van der Waals surface area contributed by atoms with Crippen LogP contribution >= 0.6 is 0 Å². The first kappa shape index (κ1) is 26.1. The highest BCUT2D eigenvalue weighted by Gasteiger charge is 2.26. The van der Waals surface area contributed by atoms with Crippen molar-refractivity contribution in [2.24, 2.45) is 5.92 Å². The van der Waals surface area contributed by atoms with Gasteiger partial charge in [0.05, 0.1) is 36.0 Å². The normalized spacial score (nSPS) is 16.7. The van der Waals surface area contributed by atoms with Crippen LogP contribution in [-0.4, -0.2) is 42.0 Å². The fraction of sp³-hybridized carbons (Fsp3) is 0.333. The number of hydrogen-bond donors (Lipinski definition) is 1. The van der Waals surface area contributed by atoms with E-state index < -0.39 is 0 Å². The summed E-state index contributed by atoms with van der Waals surface area (Å²) in [4.78, 5) is 21.6. The predicted molar refractivity (Wildman–Crippen MR) is 154 cm³/mol. The van der Waals surface area contributed by atoms with Crippen LogP contribution in [0.15, 0.2) is 84.9 Å². The minimum atomic E-state index is -0.114. The molecule has 3 aromatic carbocycles. The van der Waals surface area contributed by atoms with Crippen LogP contribution in [0.4, 0.5) is 0 Å². The Bertz CT molecular complexity index is 1370. The van der Waals surface area contributed by atoms with Crippen LogP contribution in [0.1, 0.15) is 54.2 Å². The van der Waals surface area contributed by atoms with Crippen molar-refractivity contribution < 1.29 is 9.53 Å². The molecule has 5 heteroatoms. The minimum Gasteiger partial charge on any atom is -0.375 e. The number of amides is 1. The number of rotatable bonds is 9. The topological polar surface area (TPSA) is 54.5 Å². The van der Waals surface area contributed by atoms with E-state index in [0.717, 1.165) is 46.3 Å². The zero-order valence-electron chi connectivity index (χ0n) is 22.6. The molecule has 1 N–H and O–H groups in total. The summed E-state index contributed by atoms with van der Waals surface area (Å²) in [6.07, 6.45) is 2.33. The van der Waals surface area contributed by atoms with Crippen molar-refractivity contribution in [2.75, 3.05) is 20.2 Å². The predicted octanol–water partition coefficient (Wildman–Crippen LogP) is 6.64. The summed E-state index contributed by atoms with van der Waals surface area (Å²) in [5, 5.41) is 4.21. The van der Waals surface area contributed by atoms with Gasteiger partial charge in [-0.25, -0.2) is 4.98 Å². The van der Waals surface area contributed by atoms with E-state index in [2.05, 4.69) is 43.2 Å². The number of nitrogens with zero attached hydrogens (tertiary/aromatic N) is 2. The number of hydrogen-bond acceptors (Lipinski definition) is 4. The Morgan fingerprint density at radius 3 is 2.37 bits per heavy atom. The highest BCUT2D eigenvalue weighted by molar-refractivity contribution is 6.09. The second-order valence-corrected chi connectivity index (χ2v) is 10.6. The molecule has 4 aromatic rings. The van der Waals surface area contributed by atoms with Crippen LogP contribution < -0.4 is 5.32 Å². The van der Waals surface area contributed by atoms with Crippen LogP contribution in [0.3, 0.4) is 0 Å². The lowest BCUT2D eigenvalue weighted by Crippen LogP contribution is -2.33. The van der Waals surface area contributed by atoms with Gasteiger partial charge in [-0.15, -0.1) is 0 Å².